The molecule has 0 atom stereocenters. The molecule has 0 aromatic heterocycles. The summed E-state index contributed by atoms with van der Waals surface area (Å²) in [5.41, 5.74) is 0. The number of hydrogen-bond acceptors (Lipinski definition) is 1. The zero-order chi connectivity index (χ0) is 11.0. The first-order valence-corrected chi connectivity index (χ1v) is 5.93. The summed E-state index contributed by atoms with van der Waals surface area (Å²) >= 11 is 11.2. The highest BCUT2D eigenvalue weighted by molar-refractivity contribution is 6.18. The lowest BCUT2D eigenvalue weighted by Crippen LogP contribution is -2.44. The van der Waals surface area contributed by atoms with E-state index in [-0.39, 0.29) is 6.03 Å². The van der Waals surface area contributed by atoms with Crippen molar-refractivity contribution in [1.29, 1.82) is 0 Å². The Morgan fingerprint density at radius 1 is 1.00 bits per heavy atom. The van der Waals surface area contributed by atoms with Crippen molar-refractivity contribution in [1.82, 2.24) is 9.80 Å². The molecule has 0 aromatic rings. The van der Waals surface area contributed by atoms with Gasteiger partial charge in [-0.25, -0.2) is 4.79 Å². The van der Waals surface area contributed by atoms with E-state index in [0.717, 1.165) is 13.1 Å². The van der Waals surface area contributed by atoms with Crippen LogP contribution >= 0.6 is 23.2 Å². The van der Waals surface area contributed by atoms with Gasteiger partial charge < -0.3 is 9.80 Å². The van der Waals surface area contributed by atoms with Crippen LogP contribution in [0, 0.1) is 0 Å². The van der Waals surface area contributed by atoms with Crippen LogP contribution in [-0.2, 0) is 0 Å². The summed E-state index contributed by atoms with van der Waals surface area (Å²) in [4.78, 5) is 15.3. The molecule has 0 aromatic carbocycles. The number of hydrogen-bond donors (Lipinski definition) is 0. The fraction of sp³-hybridized carbons (Fsp3) is 0.889. The second-order valence-corrected chi connectivity index (χ2v) is 3.58. The van der Waals surface area contributed by atoms with Gasteiger partial charge in [0.15, 0.2) is 0 Å². The number of amides is 2. The average Bonchev–Trinajstić information content (AvgIpc) is 2.19. The molecule has 0 aliphatic rings. The Kier molecular flexibility index (Phi) is 8.09. The molecule has 0 rings (SSSR count). The van der Waals surface area contributed by atoms with Crippen molar-refractivity contribution in [3.63, 3.8) is 0 Å². The Bertz CT molecular complexity index is 157. The zero-order valence-electron chi connectivity index (χ0n) is 8.80. The monoisotopic (exact) mass is 240 g/mol. The highest BCUT2D eigenvalue weighted by atomic mass is 35.5. The molecular formula is C9H18Cl2N2O. The minimum Gasteiger partial charge on any atom is -0.325 e. The van der Waals surface area contributed by atoms with E-state index in [1.165, 1.54) is 0 Å². The van der Waals surface area contributed by atoms with Crippen LogP contribution in [0.15, 0.2) is 0 Å². The molecule has 0 unspecified atom stereocenters. The maximum atomic E-state index is 11.8. The molecule has 84 valence electrons. The Morgan fingerprint density at radius 3 is 1.71 bits per heavy atom. The molecule has 0 saturated carbocycles. The molecule has 0 N–H and O–H groups in total. The second kappa shape index (κ2) is 8.18. The molecule has 0 saturated heterocycles. The van der Waals surface area contributed by atoms with Crippen molar-refractivity contribution in [3.05, 3.63) is 0 Å². The molecule has 14 heavy (non-hydrogen) atoms. The molecule has 0 spiro atoms. The van der Waals surface area contributed by atoms with E-state index in [4.69, 9.17) is 23.2 Å². The normalized spacial score (nSPS) is 10.0. The van der Waals surface area contributed by atoms with Crippen molar-refractivity contribution in [2.75, 3.05) is 37.9 Å². The van der Waals surface area contributed by atoms with E-state index >= 15 is 0 Å². The highest BCUT2D eigenvalue weighted by Gasteiger charge is 2.16. The molecule has 5 heteroatoms. The highest BCUT2D eigenvalue weighted by Crippen LogP contribution is 2.00. The van der Waals surface area contributed by atoms with E-state index in [1.807, 2.05) is 13.8 Å². The van der Waals surface area contributed by atoms with Gasteiger partial charge in [0.1, 0.15) is 0 Å². The molecular weight excluding hydrogens is 223 g/mol. The molecule has 0 aliphatic heterocycles. The fourth-order valence-electron chi connectivity index (χ4n) is 1.20. The SMILES string of the molecule is CCN(CC)C(=O)N(CCCl)CCCl. The van der Waals surface area contributed by atoms with Gasteiger partial charge in [-0.1, -0.05) is 0 Å². The van der Waals surface area contributed by atoms with Crippen LogP contribution in [0.2, 0.25) is 0 Å². The van der Waals surface area contributed by atoms with E-state index < -0.39 is 0 Å². The van der Waals surface area contributed by atoms with Crippen LogP contribution in [0.3, 0.4) is 0 Å². The minimum atomic E-state index is 0.0244. The smallest absolute Gasteiger partial charge is 0.320 e. The second-order valence-electron chi connectivity index (χ2n) is 2.82. The van der Waals surface area contributed by atoms with Crippen LogP contribution in [0.25, 0.3) is 0 Å². The van der Waals surface area contributed by atoms with Gasteiger partial charge in [0.05, 0.1) is 0 Å². The Morgan fingerprint density at radius 2 is 1.43 bits per heavy atom. The van der Waals surface area contributed by atoms with Crippen LogP contribution in [0.1, 0.15) is 13.8 Å². The lowest BCUT2D eigenvalue weighted by atomic mass is 10.5. The minimum absolute atomic E-state index is 0.0244. The molecule has 0 heterocycles. The Hall–Kier alpha value is -0.150. The number of nitrogens with zero attached hydrogens (tertiary/aromatic N) is 2. The maximum Gasteiger partial charge on any atom is 0.320 e. The summed E-state index contributed by atoms with van der Waals surface area (Å²) in [6.07, 6.45) is 0. The molecule has 0 radical (unpaired) electrons. The topological polar surface area (TPSA) is 23.6 Å². The van der Waals surface area contributed by atoms with Gasteiger partial charge in [-0.15, -0.1) is 23.2 Å². The van der Waals surface area contributed by atoms with Gasteiger partial charge in [0, 0.05) is 37.9 Å². The van der Waals surface area contributed by atoms with Crippen molar-refractivity contribution in [3.8, 4) is 0 Å². The standard InChI is InChI=1S/C9H18Cl2N2O/c1-3-12(4-2)9(14)13(7-5-10)8-6-11/h3-8H2,1-2H3. The van der Waals surface area contributed by atoms with E-state index in [9.17, 15) is 4.79 Å². The van der Waals surface area contributed by atoms with E-state index in [0.29, 0.717) is 24.8 Å². The third kappa shape index (κ3) is 4.38. The van der Waals surface area contributed by atoms with Crippen molar-refractivity contribution < 1.29 is 4.79 Å². The Labute approximate surface area is 95.9 Å². The quantitative estimate of drug-likeness (QED) is 0.654. The summed E-state index contributed by atoms with van der Waals surface area (Å²) in [5, 5.41) is 0. The molecule has 3 nitrogen and oxygen atoms in total. The first kappa shape index (κ1) is 13.8. The number of carbonyl (C=O) groups excluding carboxylic acids is 1. The number of rotatable bonds is 6. The summed E-state index contributed by atoms with van der Waals surface area (Å²) in [7, 11) is 0. The average molecular weight is 241 g/mol. The van der Waals surface area contributed by atoms with Crippen molar-refractivity contribution in [2.45, 2.75) is 13.8 Å². The zero-order valence-corrected chi connectivity index (χ0v) is 10.3. The fourth-order valence-corrected chi connectivity index (χ4v) is 1.61. The van der Waals surface area contributed by atoms with Gasteiger partial charge in [-0.2, -0.15) is 0 Å². The third-order valence-electron chi connectivity index (χ3n) is 2.01. The molecule has 0 bridgehead atoms. The summed E-state index contributed by atoms with van der Waals surface area (Å²) in [6, 6.07) is 0.0244. The lowest BCUT2D eigenvalue weighted by molar-refractivity contribution is 0.163. The largest absolute Gasteiger partial charge is 0.325 e. The van der Waals surface area contributed by atoms with Gasteiger partial charge in [0.25, 0.3) is 0 Å². The molecule has 0 fully saturated rings. The van der Waals surface area contributed by atoms with Crippen molar-refractivity contribution >= 4 is 29.2 Å². The van der Waals surface area contributed by atoms with E-state index in [1.54, 1.807) is 9.80 Å². The summed E-state index contributed by atoms with van der Waals surface area (Å²) in [6.45, 7) is 6.47. The van der Waals surface area contributed by atoms with Crippen LogP contribution < -0.4 is 0 Å². The van der Waals surface area contributed by atoms with Crippen molar-refractivity contribution in [2.24, 2.45) is 0 Å². The number of carbonyl (C=O) groups is 1. The van der Waals surface area contributed by atoms with E-state index in [2.05, 4.69) is 0 Å². The third-order valence-corrected chi connectivity index (χ3v) is 2.35. The van der Waals surface area contributed by atoms with Crippen LogP contribution in [-0.4, -0.2) is 53.8 Å². The van der Waals surface area contributed by atoms with Crippen LogP contribution in [0.4, 0.5) is 4.79 Å². The summed E-state index contributed by atoms with van der Waals surface area (Å²) < 4.78 is 0. The van der Waals surface area contributed by atoms with Gasteiger partial charge in [-0.05, 0) is 13.8 Å². The number of alkyl halides is 2. The predicted molar refractivity (Wildman–Crippen MR) is 61.3 cm³/mol. The number of halogens is 2. The van der Waals surface area contributed by atoms with Gasteiger partial charge in [0.2, 0.25) is 0 Å². The van der Waals surface area contributed by atoms with Gasteiger partial charge in [-0.3, -0.25) is 0 Å². The first-order valence-electron chi connectivity index (χ1n) is 4.86. The Balaban J connectivity index is 4.24. The molecule has 2 amide bonds. The predicted octanol–water partition coefficient (Wildman–Crippen LogP) is 2.23. The lowest BCUT2D eigenvalue weighted by Gasteiger charge is -2.28. The summed E-state index contributed by atoms with van der Waals surface area (Å²) in [5.74, 6) is 0.897. The van der Waals surface area contributed by atoms with Crippen LogP contribution in [0.5, 0.6) is 0 Å². The number of urea groups is 1. The van der Waals surface area contributed by atoms with Gasteiger partial charge >= 0.3 is 6.03 Å². The molecule has 0 aliphatic carbocycles. The maximum absolute atomic E-state index is 11.8. The first-order chi connectivity index (χ1) is 6.71.